The number of rotatable bonds is 11. The SMILES string of the molecule is CC(C)C1(CC[C@@H](C)[C@H]2CC[C@@]3(C)C4C[C@H](OS(=O)(=O)O)[C@H]5C[C@H](OS(=O)(=O)O)[C@@H](OS(=O)(=O)O)C[C@]5(C)C4=CC[C@]23C)CC1C. The maximum Gasteiger partial charge on any atom is 0.397 e. The molecular formula is C31H52O12S3. The standard InChI is InChI=1S/C31H52O12S3/c1-18(2)31(16-20(31)4)13-8-19(3)21-9-11-30(7)23-14-25(41-44(32,33)34)24-15-26(42-45(35,36)37)27(43-46(38,39)40)17-28(24,5)22(23)10-12-29(21,30)6/h10,18-21,23-27H,8-9,11-17H2,1-7H3,(H,32,33,34)(H,35,36,37)(H,38,39,40)/t19-,20?,21-,23?,24-,25+,26+,27+,28-,29-,30+,31?/m1/s1. The van der Waals surface area contributed by atoms with Crippen molar-refractivity contribution in [1.29, 1.82) is 0 Å². The van der Waals surface area contributed by atoms with Crippen LogP contribution in [-0.4, -0.2) is 57.2 Å². The van der Waals surface area contributed by atoms with E-state index in [9.17, 15) is 38.9 Å². The molecule has 46 heavy (non-hydrogen) atoms. The summed E-state index contributed by atoms with van der Waals surface area (Å²) >= 11 is 0. The van der Waals surface area contributed by atoms with E-state index in [1.807, 2.05) is 6.92 Å². The molecule has 0 bridgehead atoms. The molecule has 266 valence electrons. The molecule has 15 heteroatoms. The third-order valence-electron chi connectivity index (χ3n) is 14.1. The fourth-order valence-electron chi connectivity index (χ4n) is 11.3. The van der Waals surface area contributed by atoms with Crippen LogP contribution in [0.4, 0.5) is 0 Å². The van der Waals surface area contributed by atoms with Gasteiger partial charge >= 0.3 is 31.2 Å². The monoisotopic (exact) mass is 712 g/mol. The zero-order chi connectivity index (χ0) is 34.5. The van der Waals surface area contributed by atoms with E-state index < -0.39 is 60.8 Å². The molecule has 5 rings (SSSR count). The second-order valence-corrected chi connectivity index (χ2v) is 19.4. The minimum atomic E-state index is -5.09. The van der Waals surface area contributed by atoms with E-state index in [4.69, 9.17) is 12.5 Å². The first-order valence-corrected chi connectivity index (χ1v) is 20.6. The molecule has 3 unspecified atom stereocenters. The average Bonchev–Trinajstić information content (AvgIpc) is 3.45. The van der Waals surface area contributed by atoms with E-state index >= 15 is 0 Å². The molecule has 0 aromatic heterocycles. The highest BCUT2D eigenvalue weighted by atomic mass is 32.3. The highest BCUT2D eigenvalue weighted by Crippen LogP contribution is 2.72. The maximum absolute atomic E-state index is 12.2. The van der Waals surface area contributed by atoms with Crippen molar-refractivity contribution >= 4 is 31.2 Å². The van der Waals surface area contributed by atoms with E-state index in [1.54, 1.807) is 0 Å². The number of allylic oxidation sites excluding steroid dienone is 2. The molecular weight excluding hydrogens is 661 g/mol. The van der Waals surface area contributed by atoms with Crippen LogP contribution in [0.25, 0.3) is 0 Å². The third-order valence-corrected chi connectivity index (χ3v) is 15.5. The lowest BCUT2D eigenvalue weighted by molar-refractivity contribution is -0.122. The van der Waals surface area contributed by atoms with Crippen molar-refractivity contribution in [2.24, 2.45) is 57.2 Å². The van der Waals surface area contributed by atoms with Gasteiger partial charge in [0.15, 0.2) is 0 Å². The van der Waals surface area contributed by atoms with Gasteiger partial charge in [-0.25, -0.2) is 12.5 Å². The van der Waals surface area contributed by atoms with Crippen molar-refractivity contribution in [3.8, 4) is 0 Å². The Labute approximate surface area is 275 Å². The Bertz CT molecular complexity index is 1560. The van der Waals surface area contributed by atoms with Crippen LogP contribution >= 0.6 is 0 Å². The van der Waals surface area contributed by atoms with Crippen LogP contribution in [0.3, 0.4) is 0 Å². The predicted octanol–water partition coefficient (Wildman–Crippen LogP) is 5.84. The van der Waals surface area contributed by atoms with Crippen LogP contribution < -0.4 is 0 Å². The lowest BCUT2D eigenvalue weighted by Gasteiger charge is -2.63. The summed E-state index contributed by atoms with van der Waals surface area (Å²) in [5, 5.41) is 0. The van der Waals surface area contributed by atoms with Gasteiger partial charge in [-0.05, 0) is 115 Å². The van der Waals surface area contributed by atoms with E-state index in [-0.39, 0.29) is 36.0 Å². The van der Waals surface area contributed by atoms with Crippen molar-refractivity contribution in [2.75, 3.05) is 0 Å². The number of fused-ring (bicyclic) bond motifs is 5. The Balaban J connectivity index is 1.51. The molecule has 0 aliphatic heterocycles. The van der Waals surface area contributed by atoms with Crippen LogP contribution in [0, 0.1) is 57.2 Å². The van der Waals surface area contributed by atoms with Gasteiger partial charge in [-0.2, -0.15) is 25.3 Å². The fraction of sp³-hybridized carbons (Fsp3) is 0.935. The highest BCUT2D eigenvalue weighted by molar-refractivity contribution is 7.81. The molecule has 4 fully saturated rings. The highest BCUT2D eigenvalue weighted by Gasteiger charge is 2.67. The van der Waals surface area contributed by atoms with Gasteiger partial charge in [-0.15, -0.1) is 0 Å². The molecule has 12 nitrogen and oxygen atoms in total. The summed E-state index contributed by atoms with van der Waals surface area (Å²) in [6, 6.07) is 0. The van der Waals surface area contributed by atoms with E-state index in [0.717, 1.165) is 37.2 Å². The lowest BCUT2D eigenvalue weighted by atomic mass is 9.43. The minimum Gasteiger partial charge on any atom is -0.264 e. The second kappa shape index (κ2) is 11.7. The Morgan fingerprint density at radius 2 is 1.37 bits per heavy atom. The quantitative estimate of drug-likeness (QED) is 0.172. The summed E-state index contributed by atoms with van der Waals surface area (Å²) < 4.78 is 115. The van der Waals surface area contributed by atoms with Crippen LogP contribution in [0.5, 0.6) is 0 Å². The predicted molar refractivity (Wildman–Crippen MR) is 169 cm³/mol. The van der Waals surface area contributed by atoms with Crippen LogP contribution in [-0.2, 0) is 43.7 Å². The van der Waals surface area contributed by atoms with E-state index in [1.165, 1.54) is 12.8 Å². The smallest absolute Gasteiger partial charge is 0.264 e. The van der Waals surface area contributed by atoms with Gasteiger partial charge < -0.3 is 0 Å². The molecule has 12 atom stereocenters. The lowest BCUT2D eigenvalue weighted by Crippen LogP contribution is -2.60. The van der Waals surface area contributed by atoms with Crippen molar-refractivity contribution < 1.29 is 51.5 Å². The van der Waals surface area contributed by atoms with Crippen LogP contribution in [0.15, 0.2) is 11.6 Å². The topological polar surface area (TPSA) is 191 Å². The van der Waals surface area contributed by atoms with Crippen molar-refractivity contribution in [1.82, 2.24) is 0 Å². The first-order chi connectivity index (χ1) is 20.9. The Hall–Kier alpha value is -0.650. The maximum atomic E-state index is 12.2. The van der Waals surface area contributed by atoms with Crippen molar-refractivity contribution in [3.63, 3.8) is 0 Å². The summed E-state index contributed by atoms with van der Waals surface area (Å²) in [5.41, 5.74) is 0.0205. The van der Waals surface area contributed by atoms with Gasteiger partial charge in [-0.1, -0.05) is 60.1 Å². The summed E-state index contributed by atoms with van der Waals surface area (Å²) in [5.74, 6) is 1.33. The molecule has 0 radical (unpaired) electrons. The Morgan fingerprint density at radius 3 is 1.89 bits per heavy atom. The molecule has 0 heterocycles. The summed E-state index contributed by atoms with van der Waals surface area (Å²) in [7, 11) is -15.1. The minimum absolute atomic E-state index is 0.123. The molecule has 4 saturated carbocycles. The van der Waals surface area contributed by atoms with Gasteiger partial charge in [0, 0.05) is 0 Å². The summed E-state index contributed by atoms with van der Waals surface area (Å²) in [6.45, 7) is 15.8. The number of hydrogen-bond donors (Lipinski definition) is 3. The fourth-order valence-corrected chi connectivity index (χ4v) is 12.8. The van der Waals surface area contributed by atoms with Gasteiger partial charge in [0.2, 0.25) is 0 Å². The van der Waals surface area contributed by atoms with E-state index in [0.29, 0.717) is 23.2 Å². The average molecular weight is 713 g/mol. The molecule has 5 aliphatic rings. The second-order valence-electron chi connectivity index (χ2n) is 16.3. The Kier molecular flexibility index (Phi) is 9.33. The van der Waals surface area contributed by atoms with Crippen LogP contribution in [0.1, 0.15) is 106 Å². The molecule has 5 aliphatic carbocycles. The first-order valence-electron chi connectivity index (χ1n) is 16.5. The molecule has 0 amide bonds. The van der Waals surface area contributed by atoms with Crippen molar-refractivity contribution in [2.45, 2.75) is 125 Å². The Morgan fingerprint density at radius 1 is 0.826 bits per heavy atom. The van der Waals surface area contributed by atoms with Crippen LogP contribution in [0.2, 0.25) is 0 Å². The molecule has 0 saturated heterocycles. The third kappa shape index (κ3) is 6.50. The molecule has 0 aromatic carbocycles. The zero-order valence-corrected chi connectivity index (χ0v) is 30.3. The van der Waals surface area contributed by atoms with Gasteiger partial charge in [0.25, 0.3) is 0 Å². The van der Waals surface area contributed by atoms with Gasteiger partial charge in [0.05, 0.1) is 6.10 Å². The zero-order valence-electron chi connectivity index (χ0n) is 27.9. The largest absolute Gasteiger partial charge is 0.397 e. The van der Waals surface area contributed by atoms with Gasteiger partial charge in [0.1, 0.15) is 12.2 Å². The molecule has 0 aromatic rings. The normalized spacial score (nSPS) is 45.0. The molecule has 0 spiro atoms. The molecule has 3 N–H and O–H groups in total. The van der Waals surface area contributed by atoms with Gasteiger partial charge in [-0.3, -0.25) is 13.7 Å². The summed E-state index contributed by atoms with van der Waals surface area (Å²) in [4.78, 5) is 0. The van der Waals surface area contributed by atoms with Crippen molar-refractivity contribution in [3.05, 3.63) is 11.6 Å². The number of hydrogen-bond acceptors (Lipinski definition) is 9. The van der Waals surface area contributed by atoms with E-state index in [2.05, 4.69) is 47.6 Å². The summed E-state index contributed by atoms with van der Waals surface area (Å²) in [6.07, 6.45) is 4.06. The first kappa shape index (κ1) is 36.6.